The number of hydrogen-bond donors (Lipinski definition) is 3. The molecule has 122 valence electrons. The lowest BCUT2D eigenvalue weighted by molar-refractivity contribution is -0.139. The molecule has 3 unspecified atom stereocenters. The number of aromatic hydroxyl groups is 1. The fourth-order valence-electron chi connectivity index (χ4n) is 3.26. The van der Waals surface area contributed by atoms with E-state index in [1.54, 1.807) is 13.8 Å². The van der Waals surface area contributed by atoms with Gasteiger partial charge in [-0.3, -0.25) is 4.79 Å². The van der Waals surface area contributed by atoms with Crippen molar-refractivity contribution < 1.29 is 19.7 Å². The molecule has 5 heteroatoms. The second-order valence-electron chi connectivity index (χ2n) is 6.59. The second-order valence-corrected chi connectivity index (χ2v) is 6.59. The Hall–Kier alpha value is -1.75. The first-order chi connectivity index (χ1) is 10.1. The normalized spacial score (nSPS) is 25.3. The highest BCUT2D eigenvalue weighted by atomic mass is 16.5. The molecule has 1 heterocycles. The van der Waals surface area contributed by atoms with Crippen LogP contribution >= 0.6 is 0 Å². The molecule has 0 fully saturated rings. The van der Waals surface area contributed by atoms with E-state index in [0.29, 0.717) is 18.6 Å². The molecule has 1 aliphatic rings. The fraction of sp³-hybridized carbons (Fsp3) is 0.588. The summed E-state index contributed by atoms with van der Waals surface area (Å²) in [5, 5.41) is 20.0. The van der Waals surface area contributed by atoms with Crippen molar-refractivity contribution in [1.82, 2.24) is 0 Å². The third kappa shape index (κ3) is 2.43. The van der Waals surface area contributed by atoms with Gasteiger partial charge in [-0.2, -0.15) is 0 Å². The molecule has 2 rings (SSSR count). The molecular formula is C17H25NO4. The zero-order valence-corrected chi connectivity index (χ0v) is 13.9. The van der Waals surface area contributed by atoms with Crippen molar-refractivity contribution in [3.05, 3.63) is 22.3 Å². The Balaban J connectivity index is 2.61. The highest BCUT2D eigenvalue weighted by Gasteiger charge is 2.47. The van der Waals surface area contributed by atoms with Gasteiger partial charge in [0, 0.05) is 11.5 Å². The smallest absolute Gasteiger partial charge is 0.261 e. The zero-order valence-electron chi connectivity index (χ0n) is 13.9. The van der Waals surface area contributed by atoms with Crippen LogP contribution in [-0.2, 0) is 11.2 Å². The number of fused-ring (bicyclic) bond motifs is 1. The van der Waals surface area contributed by atoms with E-state index >= 15 is 0 Å². The molecular weight excluding hydrogens is 282 g/mol. The summed E-state index contributed by atoms with van der Waals surface area (Å²) in [6.45, 7) is 8.90. The summed E-state index contributed by atoms with van der Waals surface area (Å²) in [5.41, 5.74) is 7.65. The highest BCUT2D eigenvalue weighted by Crippen LogP contribution is 2.46. The van der Waals surface area contributed by atoms with Gasteiger partial charge in [-0.25, -0.2) is 0 Å². The Morgan fingerprint density at radius 2 is 1.95 bits per heavy atom. The number of primary amides is 1. The van der Waals surface area contributed by atoms with Crippen LogP contribution < -0.4 is 10.5 Å². The quantitative estimate of drug-likeness (QED) is 0.795. The number of amides is 1. The van der Waals surface area contributed by atoms with E-state index in [2.05, 4.69) is 0 Å². The molecule has 0 bridgehead atoms. The van der Waals surface area contributed by atoms with Crippen molar-refractivity contribution in [3.63, 3.8) is 0 Å². The van der Waals surface area contributed by atoms with E-state index in [4.69, 9.17) is 10.5 Å². The average molecular weight is 307 g/mol. The minimum absolute atomic E-state index is 0.238. The van der Waals surface area contributed by atoms with E-state index in [1.165, 1.54) is 0 Å². The molecule has 0 aliphatic carbocycles. The average Bonchev–Trinajstić information content (AvgIpc) is 2.44. The maximum Gasteiger partial charge on any atom is 0.261 e. The van der Waals surface area contributed by atoms with Gasteiger partial charge in [0.15, 0.2) is 5.60 Å². The van der Waals surface area contributed by atoms with Crippen LogP contribution in [0, 0.1) is 26.7 Å². The van der Waals surface area contributed by atoms with Crippen molar-refractivity contribution in [3.8, 4) is 11.5 Å². The predicted octanol–water partition coefficient (Wildman–Crippen LogP) is 1.88. The number of carbonyl (C=O) groups excluding carboxylic acids is 1. The van der Waals surface area contributed by atoms with Gasteiger partial charge in [-0.15, -0.1) is 0 Å². The third-order valence-corrected chi connectivity index (χ3v) is 5.00. The maximum absolute atomic E-state index is 12.0. The summed E-state index contributed by atoms with van der Waals surface area (Å²) in [4.78, 5) is 12.0. The number of rotatable bonds is 3. The molecule has 0 spiro atoms. The van der Waals surface area contributed by atoms with Gasteiger partial charge < -0.3 is 20.7 Å². The molecule has 0 aromatic heterocycles. The van der Waals surface area contributed by atoms with Crippen molar-refractivity contribution >= 4 is 5.91 Å². The Labute approximate surface area is 131 Å². The van der Waals surface area contributed by atoms with Gasteiger partial charge in [-0.1, -0.05) is 0 Å². The van der Waals surface area contributed by atoms with Crippen molar-refractivity contribution in [2.75, 3.05) is 0 Å². The second kappa shape index (κ2) is 5.47. The van der Waals surface area contributed by atoms with Gasteiger partial charge in [-0.05, 0) is 64.2 Å². The molecule has 3 atom stereocenters. The summed E-state index contributed by atoms with van der Waals surface area (Å²) < 4.78 is 6.05. The summed E-state index contributed by atoms with van der Waals surface area (Å²) in [5.74, 6) is 0.124. The third-order valence-electron chi connectivity index (χ3n) is 5.00. The molecule has 0 saturated carbocycles. The lowest BCUT2D eigenvalue weighted by Crippen LogP contribution is -2.55. The Kier molecular flexibility index (Phi) is 4.13. The highest BCUT2D eigenvalue weighted by molar-refractivity contribution is 5.84. The summed E-state index contributed by atoms with van der Waals surface area (Å²) in [7, 11) is 0. The molecule has 22 heavy (non-hydrogen) atoms. The lowest BCUT2D eigenvalue weighted by atomic mass is 9.76. The van der Waals surface area contributed by atoms with Gasteiger partial charge in [0.05, 0.1) is 6.10 Å². The van der Waals surface area contributed by atoms with Gasteiger partial charge in [0.2, 0.25) is 0 Å². The van der Waals surface area contributed by atoms with Crippen LogP contribution in [0.4, 0.5) is 0 Å². The van der Waals surface area contributed by atoms with Gasteiger partial charge >= 0.3 is 0 Å². The monoisotopic (exact) mass is 307 g/mol. The van der Waals surface area contributed by atoms with Crippen LogP contribution in [-0.4, -0.2) is 27.8 Å². The number of phenolic OH excluding ortho intramolecular Hbond substituents is 1. The number of carbonyl (C=O) groups is 1. The number of aliphatic hydroxyl groups excluding tert-OH is 1. The maximum atomic E-state index is 12.0. The number of hydrogen-bond acceptors (Lipinski definition) is 4. The first kappa shape index (κ1) is 16.6. The van der Waals surface area contributed by atoms with E-state index in [9.17, 15) is 15.0 Å². The predicted molar refractivity (Wildman–Crippen MR) is 84.0 cm³/mol. The van der Waals surface area contributed by atoms with Gasteiger partial charge in [0.25, 0.3) is 5.91 Å². The molecule has 5 nitrogen and oxygen atoms in total. The van der Waals surface area contributed by atoms with Crippen LogP contribution in [0.3, 0.4) is 0 Å². The number of phenols is 1. The summed E-state index contributed by atoms with van der Waals surface area (Å²) in [6.07, 6.45) is 0.390. The SMILES string of the molecule is Cc1c(C)c2c(c(C)c1O)CC(CC(C)O)C(C)(C(N)=O)O2. The van der Waals surface area contributed by atoms with Crippen molar-refractivity contribution in [2.45, 2.75) is 59.2 Å². The zero-order chi connectivity index (χ0) is 16.8. The van der Waals surface area contributed by atoms with Crippen LogP contribution in [0.2, 0.25) is 0 Å². The van der Waals surface area contributed by atoms with E-state index in [0.717, 1.165) is 22.3 Å². The Morgan fingerprint density at radius 3 is 2.45 bits per heavy atom. The number of aliphatic hydroxyl groups is 1. The fourth-order valence-corrected chi connectivity index (χ4v) is 3.26. The number of benzene rings is 1. The van der Waals surface area contributed by atoms with E-state index in [1.807, 2.05) is 20.8 Å². The summed E-state index contributed by atoms with van der Waals surface area (Å²) >= 11 is 0. The lowest BCUT2D eigenvalue weighted by Gasteiger charge is -2.42. The molecule has 1 aromatic carbocycles. The van der Waals surface area contributed by atoms with E-state index < -0.39 is 17.6 Å². The minimum atomic E-state index is -1.16. The van der Waals surface area contributed by atoms with E-state index in [-0.39, 0.29) is 11.7 Å². The van der Waals surface area contributed by atoms with Gasteiger partial charge in [0.1, 0.15) is 11.5 Å². The molecule has 1 amide bonds. The molecule has 0 saturated heterocycles. The number of nitrogens with two attached hydrogens (primary N) is 1. The Bertz CT molecular complexity index is 624. The molecule has 4 N–H and O–H groups in total. The van der Waals surface area contributed by atoms with Crippen LogP contribution in [0.5, 0.6) is 11.5 Å². The van der Waals surface area contributed by atoms with Crippen molar-refractivity contribution in [1.29, 1.82) is 0 Å². The molecule has 1 aromatic rings. The van der Waals surface area contributed by atoms with Crippen LogP contribution in [0.1, 0.15) is 42.5 Å². The van der Waals surface area contributed by atoms with Crippen LogP contribution in [0.25, 0.3) is 0 Å². The van der Waals surface area contributed by atoms with Crippen molar-refractivity contribution in [2.24, 2.45) is 11.7 Å². The van der Waals surface area contributed by atoms with Crippen LogP contribution in [0.15, 0.2) is 0 Å². The summed E-state index contributed by atoms with van der Waals surface area (Å²) in [6, 6.07) is 0. The molecule has 0 radical (unpaired) electrons. The topological polar surface area (TPSA) is 92.8 Å². The Morgan fingerprint density at radius 1 is 1.36 bits per heavy atom. The largest absolute Gasteiger partial charge is 0.507 e. The number of ether oxygens (including phenoxy) is 1. The molecule has 1 aliphatic heterocycles. The standard InChI is InChI=1S/C17H25NO4/c1-8(19)6-12-7-13-11(4)14(20)9(2)10(3)15(13)22-17(12,5)16(18)21/h8,12,19-20H,6-7H2,1-5H3,(H2,18,21). The minimum Gasteiger partial charge on any atom is -0.507 e. The first-order valence-electron chi connectivity index (χ1n) is 7.58. The first-order valence-corrected chi connectivity index (χ1v) is 7.58.